The molecule has 0 saturated carbocycles. The Labute approximate surface area is 102 Å². The highest BCUT2D eigenvalue weighted by atomic mass is 19.4. The van der Waals surface area contributed by atoms with E-state index in [2.05, 4.69) is 4.98 Å². The third kappa shape index (κ3) is 2.51. The van der Waals surface area contributed by atoms with Crippen molar-refractivity contribution in [2.75, 3.05) is 0 Å². The molecule has 2 nitrogen and oxygen atoms in total. The Balaban J connectivity index is 2.51. The van der Waals surface area contributed by atoms with Crippen LogP contribution in [0.5, 0.6) is 0 Å². The van der Waals surface area contributed by atoms with Gasteiger partial charge in [-0.2, -0.15) is 13.2 Å². The molecule has 0 bridgehead atoms. The van der Waals surface area contributed by atoms with Gasteiger partial charge in [-0.25, -0.2) is 0 Å². The van der Waals surface area contributed by atoms with E-state index in [0.29, 0.717) is 11.1 Å². The number of aromatic nitrogens is 1. The highest BCUT2D eigenvalue weighted by Gasteiger charge is 2.38. The van der Waals surface area contributed by atoms with Gasteiger partial charge >= 0.3 is 6.18 Å². The first-order valence-electron chi connectivity index (χ1n) is 5.32. The van der Waals surface area contributed by atoms with E-state index in [9.17, 15) is 13.2 Å². The minimum Gasteiger partial charge on any atom is -0.316 e. The van der Waals surface area contributed by atoms with Crippen LogP contribution in [0.15, 0.2) is 48.8 Å². The van der Waals surface area contributed by atoms with Gasteiger partial charge in [0.25, 0.3) is 0 Å². The van der Waals surface area contributed by atoms with E-state index >= 15 is 0 Å². The number of halogens is 3. The van der Waals surface area contributed by atoms with Crippen molar-refractivity contribution in [3.63, 3.8) is 0 Å². The average Bonchev–Trinajstić information content (AvgIpc) is 2.38. The summed E-state index contributed by atoms with van der Waals surface area (Å²) in [6.45, 7) is 0. The Hall–Kier alpha value is -1.88. The predicted octanol–water partition coefficient (Wildman–Crippen LogP) is 3.31. The maximum atomic E-state index is 12.7. The second-order valence-corrected chi connectivity index (χ2v) is 3.84. The van der Waals surface area contributed by atoms with Gasteiger partial charge in [0.2, 0.25) is 0 Å². The number of hydrogen-bond donors (Lipinski definition) is 1. The van der Waals surface area contributed by atoms with E-state index in [1.807, 2.05) is 0 Å². The fraction of sp³-hybridized carbons (Fsp3) is 0.154. The zero-order valence-corrected chi connectivity index (χ0v) is 9.35. The normalized spacial score (nSPS) is 13.3. The van der Waals surface area contributed by atoms with Crippen molar-refractivity contribution in [1.82, 2.24) is 4.98 Å². The molecular weight excluding hydrogens is 241 g/mol. The molecule has 0 aliphatic heterocycles. The SMILES string of the molecule is N[C@H](c1ccccc1-c1ccncc1)C(F)(F)F. The van der Waals surface area contributed by atoms with Crippen LogP contribution in [-0.2, 0) is 0 Å². The standard InChI is InChI=1S/C13H11F3N2/c14-13(15,16)12(17)11-4-2-1-3-10(11)9-5-7-18-8-6-9/h1-8,12H,17H2/t12-/m1/s1. The van der Waals surface area contributed by atoms with Crippen LogP contribution in [0.1, 0.15) is 11.6 Å². The molecule has 1 atom stereocenters. The second-order valence-electron chi connectivity index (χ2n) is 3.84. The summed E-state index contributed by atoms with van der Waals surface area (Å²) >= 11 is 0. The van der Waals surface area contributed by atoms with Crippen molar-refractivity contribution < 1.29 is 13.2 Å². The summed E-state index contributed by atoms with van der Waals surface area (Å²) < 4.78 is 38.1. The Morgan fingerprint density at radius 3 is 2.22 bits per heavy atom. The van der Waals surface area contributed by atoms with Gasteiger partial charge in [0.15, 0.2) is 0 Å². The van der Waals surface area contributed by atoms with Crippen molar-refractivity contribution in [2.24, 2.45) is 5.73 Å². The molecule has 94 valence electrons. The topological polar surface area (TPSA) is 38.9 Å². The maximum absolute atomic E-state index is 12.7. The summed E-state index contributed by atoms with van der Waals surface area (Å²) in [5.41, 5.74) is 6.48. The highest BCUT2D eigenvalue weighted by Crippen LogP contribution is 2.35. The minimum atomic E-state index is -4.46. The molecule has 0 saturated heterocycles. The van der Waals surface area contributed by atoms with E-state index in [1.54, 1.807) is 30.3 Å². The quantitative estimate of drug-likeness (QED) is 0.890. The lowest BCUT2D eigenvalue weighted by Gasteiger charge is -2.19. The van der Waals surface area contributed by atoms with E-state index < -0.39 is 12.2 Å². The molecule has 2 rings (SSSR count). The summed E-state index contributed by atoms with van der Waals surface area (Å²) in [5.74, 6) is 0. The van der Waals surface area contributed by atoms with Gasteiger partial charge in [-0.1, -0.05) is 24.3 Å². The number of pyridine rings is 1. The molecule has 0 aliphatic rings. The molecule has 0 spiro atoms. The fourth-order valence-electron chi connectivity index (χ4n) is 1.74. The van der Waals surface area contributed by atoms with E-state index in [-0.39, 0.29) is 5.56 Å². The number of rotatable bonds is 2. The van der Waals surface area contributed by atoms with Crippen LogP contribution in [0.2, 0.25) is 0 Å². The summed E-state index contributed by atoms with van der Waals surface area (Å²) in [7, 11) is 0. The van der Waals surface area contributed by atoms with Gasteiger partial charge in [-0.15, -0.1) is 0 Å². The zero-order valence-electron chi connectivity index (χ0n) is 9.35. The van der Waals surface area contributed by atoms with Crippen LogP contribution in [-0.4, -0.2) is 11.2 Å². The molecule has 5 heteroatoms. The minimum absolute atomic E-state index is 0.0659. The fourth-order valence-corrected chi connectivity index (χ4v) is 1.74. The molecule has 1 aromatic heterocycles. The van der Waals surface area contributed by atoms with Gasteiger partial charge in [0.05, 0.1) is 0 Å². The molecule has 0 aliphatic carbocycles. The predicted molar refractivity (Wildman–Crippen MR) is 62.7 cm³/mol. The summed E-state index contributed by atoms with van der Waals surface area (Å²) in [6, 6.07) is 7.57. The van der Waals surface area contributed by atoms with Crippen LogP contribution >= 0.6 is 0 Å². The largest absolute Gasteiger partial charge is 0.407 e. The number of hydrogen-bond acceptors (Lipinski definition) is 2. The molecule has 2 N–H and O–H groups in total. The molecular formula is C13H11F3N2. The monoisotopic (exact) mass is 252 g/mol. The smallest absolute Gasteiger partial charge is 0.316 e. The van der Waals surface area contributed by atoms with E-state index in [4.69, 9.17) is 5.73 Å². The Kier molecular flexibility index (Phi) is 3.34. The van der Waals surface area contributed by atoms with Crippen LogP contribution < -0.4 is 5.73 Å². The average molecular weight is 252 g/mol. The van der Waals surface area contributed by atoms with Crippen LogP contribution in [0, 0.1) is 0 Å². The third-order valence-corrected chi connectivity index (χ3v) is 2.64. The molecule has 1 aromatic carbocycles. The van der Waals surface area contributed by atoms with E-state index in [1.165, 1.54) is 18.5 Å². The van der Waals surface area contributed by atoms with Crippen molar-refractivity contribution in [2.45, 2.75) is 12.2 Å². The second kappa shape index (κ2) is 4.78. The van der Waals surface area contributed by atoms with Gasteiger partial charge in [-0.3, -0.25) is 4.98 Å². The van der Waals surface area contributed by atoms with Gasteiger partial charge in [0.1, 0.15) is 6.04 Å². The Morgan fingerprint density at radius 2 is 1.61 bits per heavy atom. The summed E-state index contributed by atoms with van der Waals surface area (Å²) in [5, 5.41) is 0. The van der Waals surface area contributed by atoms with Crippen LogP contribution in [0.3, 0.4) is 0 Å². The lowest BCUT2D eigenvalue weighted by Crippen LogP contribution is -2.28. The molecule has 0 radical (unpaired) electrons. The molecule has 0 amide bonds. The van der Waals surface area contributed by atoms with Crippen LogP contribution in [0.25, 0.3) is 11.1 Å². The first kappa shape index (κ1) is 12.6. The molecule has 0 unspecified atom stereocenters. The number of nitrogens with two attached hydrogens (primary N) is 1. The lowest BCUT2D eigenvalue weighted by molar-refractivity contribution is -0.149. The number of alkyl halides is 3. The molecule has 2 aromatic rings. The lowest BCUT2D eigenvalue weighted by atomic mass is 9.95. The van der Waals surface area contributed by atoms with Crippen molar-refractivity contribution in [1.29, 1.82) is 0 Å². The highest BCUT2D eigenvalue weighted by molar-refractivity contribution is 5.67. The first-order chi connectivity index (χ1) is 8.50. The zero-order chi connectivity index (χ0) is 13.2. The Morgan fingerprint density at radius 1 is 1.00 bits per heavy atom. The Bertz CT molecular complexity index is 523. The molecule has 0 fully saturated rings. The van der Waals surface area contributed by atoms with Gasteiger partial charge < -0.3 is 5.73 Å². The summed E-state index contributed by atoms with van der Waals surface area (Å²) in [4.78, 5) is 3.84. The number of nitrogens with zero attached hydrogens (tertiary/aromatic N) is 1. The van der Waals surface area contributed by atoms with Crippen molar-refractivity contribution in [3.05, 3.63) is 54.4 Å². The third-order valence-electron chi connectivity index (χ3n) is 2.64. The molecule has 18 heavy (non-hydrogen) atoms. The molecule has 1 heterocycles. The van der Waals surface area contributed by atoms with E-state index in [0.717, 1.165) is 0 Å². The van der Waals surface area contributed by atoms with Gasteiger partial charge in [-0.05, 0) is 28.8 Å². The first-order valence-corrected chi connectivity index (χ1v) is 5.32. The van der Waals surface area contributed by atoms with Gasteiger partial charge in [0, 0.05) is 12.4 Å². The number of benzene rings is 1. The van der Waals surface area contributed by atoms with Crippen LogP contribution in [0.4, 0.5) is 13.2 Å². The maximum Gasteiger partial charge on any atom is 0.407 e. The summed E-state index contributed by atoms with van der Waals surface area (Å²) in [6.07, 6.45) is -1.39. The van der Waals surface area contributed by atoms with Crippen molar-refractivity contribution >= 4 is 0 Å². The van der Waals surface area contributed by atoms with Crippen molar-refractivity contribution in [3.8, 4) is 11.1 Å².